The number of rotatable bonds is 6. The van der Waals surface area contributed by atoms with Gasteiger partial charge in [-0.3, -0.25) is 0 Å². The van der Waals surface area contributed by atoms with Crippen molar-refractivity contribution in [2.24, 2.45) is 5.92 Å². The molecular weight excluding hydrogens is 230 g/mol. The van der Waals surface area contributed by atoms with E-state index in [4.69, 9.17) is 0 Å². The molecule has 0 aromatic heterocycles. The fourth-order valence-electron chi connectivity index (χ4n) is 3.38. The van der Waals surface area contributed by atoms with Crippen LogP contribution in [0.1, 0.15) is 63.4 Å². The standard InChI is InChI=1S/C18H29N/c1-2-19-15-18(17-12-8-5-9-13-17)14-16-10-6-3-4-7-11-16/h5,8-9,12-13,16,18-19H,2-4,6-7,10-11,14-15H2,1H3. The van der Waals surface area contributed by atoms with Crippen molar-refractivity contribution < 1.29 is 0 Å². The van der Waals surface area contributed by atoms with Crippen LogP contribution in [-0.4, -0.2) is 13.1 Å². The zero-order valence-corrected chi connectivity index (χ0v) is 12.4. The molecule has 1 aliphatic carbocycles. The Morgan fingerprint density at radius 1 is 1.05 bits per heavy atom. The van der Waals surface area contributed by atoms with Crippen LogP contribution in [0.3, 0.4) is 0 Å². The van der Waals surface area contributed by atoms with Gasteiger partial charge in [0, 0.05) is 6.54 Å². The van der Waals surface area contributed by atoms with Crippen molar-refractivity contribution >= 4 is 0 Å². The van der Waals surface area contributed by atoms with Crippen LogP contribution < -0.4 is 5.32 Å². The van der Waals surface area contributed by atoms with E-state index in [2.05, 4.69) is 42.6 Å². The van der Waals surface area contributed by atoms with Gasteiger partial charge in [0.05, 0.1) is 0 Å². The van der Waals surface area contributed by atoms with Gasteiger partial charge in [-0.2, -0.15) is 0 Å². The second-order valence-corrected chi connectivity index (χ2v) is 6.01. The minimum absolute atomic E-state index is 0.698. The normalized spacial score (nSPS) is 19.0. The maximum Gasteiger partial charge on any atom is 0.00201 e. The van der Waals surface area contributed by atoms with Crippen LogP contribution in [0.5, 0.6) is 0 Å². The molecule has 0 bridgehead atoms. The van der Waals surface area contributed by atoms with Crippen LogP contribution in [0.4, 0.5) is 0 Å². The van der Waals surface area contributed by atoms with Crippen LogP contribution in [-0.2, 0) is 0 Å². The first-order chi connectivity index (χ1) is 9.40. The van der Waals surface area contributed by atoms with E-state index in [0.717, 1.165) is 19.0 Å². The van der Waals surface area contributed by atoms with Crippen LogP contribution in [0, 0.1) is 5.92 Å². The molecule has 106 valence electrons. The van der Waals surface area contributed by atoms with Gasteiger partial charge in [0.1, 0.15) is 0 Å². The number of nitrogens with one attached hydrogen (secondary N) is 1. The van der Waals surface area contributed by atoms with E-state index in [0.29, 0.717) is 5.92 Å². The molecule has 19 heavy (non-hydrogen) atoms. The van der Waals surface area contributed by atoms with E-state index in [1.165, 1.54) is 50.5 Å². The molecule has 2 rings (SSSR count). The van der Waals surface area contributed by atoms with Crippen LogP contribution in [0.25, 0.3) is 0 Å². The highest BCUT2D eigenvalue weighted by Crippen LogP contribution is 2.32. The van der Waals surface area contributed by atoms with Crippen molar-refractivity contribution in [3.63, 3.8) is 0 Å². The molecule has 1 fully saturated rings. The van der Waals surface area contributed by atoms with Crippen molar-refractivity contribution in [1.29, 1.82) is 0 Å². The van der Waals surface area contributed by atoms with Gasteiger partial charge < -0.3 is 5.32 Å². The van der Waals surface area contributed by atoms with Gasteiger partial charge in [-0.1, -0.05) is 75.8 Å². The molecule has 1 atom stereocenters. The second kappa shape index (κ2) is 8.37. The van der Waals surface area contributed by atoms with Gasteiger partial charge >= 0.3 is 0 Å². The van der Waals surface area contributed by atoms with E-state index in [1.54, 1.807) is 0 Å². The molecule has 0 aliphatic heterocycles. The predicted octanol–water partition coefficient (Wildman–Crippen LogP) is 4.74. The summed E-state index contributed by atoms with van der Waals surface area (Å²) in [5.74, 6) is 1.65. The van der Waals surface area contributed by atoms with E-state index in [-0.39, 0.29) is 0 Å². The smallest absolute Gasteiger partial charge is 0.00201 e. The number of likely N-dealkylation sites (N-methyl/N-ethyl adjacent to an activating group) is 1. The van der Waals surface area contributed by atoms with Crippen molar-refractivity contribution in [3.05, 3.63) is 35.9 Å². The van der Waals surface area contributed by atoms with Crippen molar-refractivity contribution in [1.82, 2.24) is 5.32 Å². The fourth-order valence-corrected chi connectivity index (χ4v) is 3.38. The first-order valence-corrected chi connectivity index (χ1v) is 8.15. The van der Waals surface area contributed by atoms with Crippen molar-refractivity contribution in [2.75, 3.05) is 13.1 Å². The average Bonchev–Trinajstić information content (AvgIpc) is 2.73. The molecule has 0 amide bonds. The van der Waals surface area contributed by atoms with Gasteiger partial charge in [-0.15, -0.1) is 0 Å². The lowest BCUT2D eigenvalue weighted by molar-refractivity contribution is 0.381. The molecule has 1 aromatic rings. The van der Waals surface area contributed by atoms with E-state index in [9.17, 15) is 0 Å². The lowest BCUT2D eigenvalue weighted by Gasteiger charge is -2.23. The zero-order valence-electron chi connectivity index (χ0n) is 12.4. The SMILES string of the molecule is CCNCC(CC1CCCCCC1)c1ccccc1. The maximum atomic E-state index is 3.55. The number of hydrogen-bond donors (Lipinski definition) is 1. The number of hydrogen-bond acceptors (Lipinski definition) is 1. The quantitative estimate of drug-likeness (QED) is 0.728. The summed E-state index contributed by atoms with van der Waals surface area (Å²) in [6.45, 7) is 4.42. The van der Waals surface area contributed by atoms with Crippen molar-refractivity contribution in [3.8, 4) is 0 Å². The van der Waals surface area contributed by atoms with Crippen molar-refractivity contribution in [2.45, 2.75) is 57.8 Å². The molecule has 0 radical (unpaired) electrons. The van der Waals surface area contributed by atoms with Gasteiger partial charge in [0.15, 0.2) is 0 Å². The van der Waals surface area contributed by atoms with Gasteiger partial charge in [-0.05, 0) is 30.4 Å². The largest absolute Gasteiger partial charge is 0.316 e. The summed E-state index contributed by atoms with van der Waals surface area (Å²) in [6.07, 6.45) is 10.1. The first kappa shape index (κ1) is 14.6. The predicted molar refractivity (Wildman–Crippen MR) is 83.5 cm³/mol. The third kappa shape index (κ3) is 4.99. The number of benzene rings is 1. The Bertz CT molecular complexity index is 325. The zero-order chi connectivity index (χ0) is 13.3. The molecule has 1 aromatic carbocycles. The fraction of sp³-hybridized carbons (Fsp3) is 0.667. The summed E-state index contributed by atoms with van der Waals surface area (Å²) >= 11 is 0. The Morgan fingerprint density at radius 3 is 2.37 bits per heavy atom. The average molecular weight is 259 g/mol. The second-order valence-electron chi connectivity index (χ2n) is 6.01. The monoisotopic (exact) mass is 259 g/mol. The Hall–Kier alpha value is -0.820. The van der Waals surface area contributed by atoms with E-state index < -0.39 is 0 Å². The van der Waals surface area contributed by atoms with Gasteiger partial charge in [0.2, 0.25) is 0 Å². The molecule has 1 heteroatoms. The minimum atomic E-state index is 0.698. The summed E-state index contributed by atoms with van der Waals surface area (Å²) in [7, 11) is 0. The lowest BCUT2D eigenvalue weighted by atomic mass is 9.85. The van der Waals surface area contributed by atoms with Crippen LogP contribution >= 0.6 is 0 Å². The molecule has 1 aliphatic rings. The molecule has 0 saturated heterocycles. The highest BCUT2D eigenvalue weighted by Gasteiger charge is 2.19. The van der Waals surface area contributed by atoms with Crippen LogP contribution in [0.15, 0.2) is 30.3 Å². The topological polar surface area (TPSA) is 12.0 Å². The molecule has 1 nitrogen and oxygen atoms in total. The Labute approximate surface area is 118 Å². The summed E-state index contributed by atoms with van der Waals surface area (Å²) < 4.78 is 0. The Kier molecular flexibility index (Phi) is 6.43. The molecule has 1 unspecified atom stereocenters. The van der Waals surface area contributed by atoms with Crippen LogP contribution in [0.2, 0.25) is 0 Å². The Balaban J connectivity index is 1.96. The van der Waals surface area contributed by atoms with E-state index >= 15 is 0 Å². The minimum Gasteiger partial charge on any atom is -0.316 e. The van der Waals surface area contributed by atoms with Gasteiger partial charge in [-0.25, -0.2) is 0 Å². The van der Waals surface area contributed by atoms with E-state index in [1.807, 2.05) is 0 Å². The molecule has 1 saturated carbocycles. The maximum absolute atomic E-state index is 3.55. The molecular formula is C18H29N. The summed E-state index contributed by atoms with van der Waals surface area (Å²) in [6, 6.07) is 11.1. The highest BCUT2D eigenvalue weighted by molar-refractivity contribution is 5.20. The first-order valence-electron chi connectivity index (χ1n) is 8.15. The molecule has 0 heterocycles. The summed E-state index contributed by atoms with van der Waals surface area (Å²) in [5.41, 5.74) is 1.52. The molecule has 0 spiro atoms. The Morgan fingerprint density at radius 2 is 1.74 bits per heavy atom. The third-order valence-electron chi connectivity index (χ3n) is 4.50. The highest BCUT2D eigenvalue weighted by atomic mass is 14.8. The summed E-state index contributed by atoms with van der Waals surface area (Å²) in [5, 5.41) is 3.55. The summed E-state index contributed by atoms with van der Waals surface area (Å²) in [4.78, 5) is 0. The van der Waals surface area contributed by atoms with Gasteiger partial charge in [0.25, 0.3) is 0 Å². The molecule has 1 N–H and O–H groups in total. The third-order valence-corrected chi connectivity index (χ3v) is 4.50. The lowest BCUT2D eigenvalue weighted by Crippen LogP contribution is -2.23.